The predicted octanol–water partition coefficient (Wildman–Crippen LogP) is 9.64. The molecule has 4 aromatic rings. The van der Waals surface area contributed by atoms with Gasteiger partial charge in [0.1, 0.15) is 11.5 Å². The number of hydrogen-bond donors (Lipinski definition) is 0. The van der Waals surface area contributed by atoms with Crippen LogP contribution in [0.25, 0.3) is 11.3 Å². The summed E-state index contributed by atoms with van der Waals surface area (Å²) in [4.78, 5) is 11.0. The Morgan fingerprint density at radius 2 is 1.13 bits per heavy atom. The number of furan rings is 1. The first-order valence-electron chi connectivity index (χ1n) is 14.2. The molecule has 4 heteroatoms. The fourth-order valence-electron chi connectivity index (χ4n) is 5.90. The normalized spacial score (nSPS) is 15.2. The van der Waals surface area contributed by atoms with Crippen molar-refractivity contribution >= 4 is 5.69 Å². The van der Waals surface area contributed by atoms with Crippen molar-refractivity contribution in [3.8, 4) is 11.3 Å². The van der Waals surface area contributed by atoms with E-state index in [9.17, 15) is 10.1 Å². The minimum Gasteiger partial charge on any atom is -0.460 e. The lowest BCUT2D eigenvalue weighted by Crippen LogP contribution is -2.07. The molecule has 0 aliphatic heterocycles. The zero-order chi connectivity index (χ0) is 26.2. The predicted molar refractivity (Wildman–Crippen MR) is 154 cm³/mol. The van der Waals surface area contributed by atoms with E-state index in [-0.39, 0.29) is 16.5 Å². The molecule has 0 atom stereocenters. The van der Waals surface area contributed by atoms with E-state index < -0.39 is 0 Å². The Bertz CT molecular complexity index is 1270. The Morgan fingerprint density at radius 1 is 0.632 bits per heavy atom. The molecule has 0 fully saturated rings. The molecule has 0 N–H and O–H groups in total. The van der Waals surface area contributed by atoms with Gasteiger partial charge in [-0.25, -0.2) is 0 Å². The molecule has 0 amide bonds. The Labute approximate surface area is 225 Å². The van der Waals surface area contributed by atoms with Crippen LogP contribution in [-0.2, 0) is 12.8 Å². The zero-order valence-electron chi connectivity index (χ0n) is 22.1. The van der Waals surface area contributed by atoms with Crippen molar-refractivity contribution in [3.63, 3.8) is 0 Å². The van der Waals surface area contributed by atoms with Crippen LogP contribution in [0.4, 0.5) is 5.69 Å². The first-order valence-corrected chi connectivity index (χ1v) is 14.2. The van der Waals surface area contributed by atoms with Gasteiger partial charge in [-0.15, -0.1) is 0 Å². The van der Waals surface area contributed by atoms with Gasteiger partial charge in [0.05, 0.1) is 4.92 Å². The lowest BCUT2D eigenvalue weighted by Gasteiger charge is -2.21. The van der Waals surface area contributed by atoms with Crippen molar-refractivity contribution in [2.75, 3.05) is 0 Å². The maximum absolute atomic E-state index is 11.4. The molecule has 38 heavy (non-hydrogen) atoms. The molecule has 0 saturated carbocycles. The first kappa shape index (κ1) is 26.0. The first-order chi connectivity index (χ1) is 18.7. The van der Waals surface area contributed by atoms with Gasteiger partial charge in [-0.05, 0) is 48.1 Å². The van der Waals surface area contributed by atoms with Gasteiger partial charge in [-0.2, -0.15) is 0 Å². The van der Waals surface area contributed by atoms with Crippen LogP contribution in [0.1, 0.15) is 91.7 Å². The van der Waals surface area contributed by atoms with Gasteiger partial charge in [0, 0.05) is 35.6 Å². The van der Waals surface area contributed by atoms with E-state index in [1.807, 2.05) is 12.1 Å². The number of nitrogens with zero attached hydrogens (tertiary/aromatic N) is 1. The topological polar surface area (TPSA) is 56.3 Å². The second-order valence-corrected chi connectivity index (χ2v) is 10.5. The highest BCUT2D eigenvalue weighted by Crippen LogP contribution is 2.44. The summed E-state index contributed by atoms with van der Waals surface area (Å²) in [6, 6.07) is 28.2. The van der Waals surface area contributed by atoms with Gasteiger partial charge in [0.2, 0.25) is 0 Å². The third-order valence-electron chi connectivity index (χ3n) is 7.86. The summed E-state index contributed by atoms with van der Waals surface area (Å²) < 4.78 is 6.81. The summed E-state index contributed by atoms with van der Waals surface area (Å²) in [6.45, 7) is 0. The number of rotatable bonds is 5. The Hall–Kier alpha value is -3.66. The second kappa shape index (κ2) is 12.7. The van der Waals surface area contributed by atoms with Crippen molar-refractivity contribution in [3.05, 3.63) is 123 Å². The third-order valence-corrected chi connectivity index (χ3v) is 7.86. The van der Waals surface area contributed by atoms with E-state index in [1.54, 1.807) is 12.1 Å². The fourth-order valence-corrected chi connectivity index (χ4v) is 5.90. The SMILES string of the molecule is O=[N+]([O-])c1ccc(-c2oc3c(c2C(c2ccccc2)c2ccccc2)CCCCCCCCCCC3)cc1. The lowest BCUT2D eigenvalue weighted by atomic mass is 9.80. The van der Waals surface area contributed by atoms with Gasteiger partial charge in [0.25, 0.3) is 5.69 Å². The number of hydrogen-bond acceptors (Lipinski definition) is 3. The van der Waals surface area contributed by atoms with Crippen LogP contribution in [0.3, 0.4) is 0 Å². The van der Waals surface area contributed by atoms with E-state index >= 15 is 0 Å². The largest absolute Gasteiger partial charge is 0.460 e. The van der Waals surface area contributed by atoms with Crippen molar-refractivity contribution in [1.82, 2.24) is 0 Å². The minimum atomic E-state index is -0.343. The van der Waals surface area contributed by atoms with Crippen molar-refractivity contribution in [1.29, 1.82) is 0 Å². The number of nitro benzene ring substituents is 1. The quantitative estimate of drug-likeness (QED) is 0.199. The molecule has 196 valence electrons. The van der Waals surface area contributed by atoms with Crippen molar-refractivity contribution in [2.24, 2.45) is 0 Å². The average molecular weight is 508 g/mol. The van der Waals surface area contributed by atoms with Crippen LogP contribution >= 0.6 is 0 Å². The average Bonchev–Trinajstić information content (AvgIpc) is 3.31. The van der Waals surface area contributed by atoms with Crippen LogP contribution < -0.4 is 0 Å². The van der Waals surface area contributed by atoms with Crippen LogP contribution in [0.15, 0.2) is 89.3 Å². The highest BCUT2D eigenvalue weighted by atomic mass is 16.6. The van der Waals surface area contributed by atoms with Crippen molar-refractivity contribution in [2.45, 2.75) is 76.5 Å². The molecule has 3 aromatic carbocycles. The van der Waals surface area contributed by atoms with Gasteiger partial charge >= 0.3 is 0 Å². The van der Waals surface area contributed by atoms with Gasteiger partial charge in [-0.3, -0.25) is 10.1 Å². The van der Waals surface area contributed by atoms with Crippen LogP contribution in [0.5, 0.6) is 0 Å². The van der Waals surface area contributed by atoms with Gasteiger partial charge in [0.15, 0.2) is 0 Å². The maximum Gasteiger partial charge on any atom is 0.269 e. The lowest BCUT2D eigenvalue weighted by molar-refractivity contribution is -0.384. The molecule has 1 aliphatic carbocycles. The van der Waals surface area contributed by atoms with E-state index in [4.69, 9.17) is 4.42 Å². The Kier molecular flexibility index (Phi) is 8.70. The van der Waals surface area contributed by atoms with Crippen LogP contribution in [-0.4, -0.2) is 4.92 Å². The number of nitro groups is 1. The van der Waals surface area contributed by atoms with Gasteiger partial charge in [-0.1, -0.05) is 106 Å². The van der Waals surface area contributed by atoms with Crippen LogP contribution in [0.2, 0.25) is 0 Å². The highest BCUT2D eigenvalue weighted by molar-refractivity contribution is 5.69. The summed E-state index contributed by atoms with van der Waals surface area (Å²) >= 11 is 0. The van der Waals surface area contributed by atoms with Crippen molar-refractivity contribution < 1.29 is 9.34 Å². The standard InChI is InChI=1S/C34H37NO3/c36-35(37)29-24-22-28(23-25-29)34-33(32(26-16-10-8-11-17-26)27-18-12-9-13-19-27)30-20-14-6-4-2-1-3-5-7-15-21-31(30)38-34/h8-13,16-19,22-25,32H,1-7,14-15,20-21H2. The van der Waals surface area contributed by atoms with E-state index in [2.05, 4.69) is 60.7 Å². The number of fused-ring (bicyclic) bond motifs is 1. The molecule has 0 unspecified atom stereocenters. The van der Waals surface area contributed by atoms with E-state index in [0.717, 1.165) is 42.8 Å². The molecule has 0 radical (unpaired) electrons. The number of benzene rings is 3. The number of aryl methyl sites for hydroxylation is 1. The van der Waals surface area contributed by atoms with Gasteiger partial charge < -0.3 is 4.42 Å². The molecule has 5 rings (SSSR count). The zero-order valence-corrected chi connectivity index (χ0v) is 22.1. The molecule has 0 saturated heterocycles. The summed E-state index contributed by atoms with van der Waals surface area (Å²) in [5.74, 6) is 1.98. The Morgan fingerprint density at radius 3 is 1.66 bits per heavy atom. The molecule has 4 nitrogen and oxygen atoms in total. The summed E-state index contributed by atoms with van der Waals surface area (Å²) in [7, 11) is 0. The summed E-state index contributed by atoms with van der Waals surface area (Å²) in [6.07, 6.45) is 13.3. The molecule has 1 aromatic heterocycles. The smallest absolute Gasteiger partial charge is 0.269 e. The minimum absolute atomic E-state index is 0.0192. The molecular weight excluding hydrogens is 470 g/mol. The van der Waals surface area contributed by atoms with E-state index in [1.165, 1.54) is 67.2 Å². The summed E-state index contributed by atoms with van der Waals surface area (Å²) in [5, 5.41) is 11.4. The fraction of sp³-hybridized carbons (Fsp3) is 0.353. The third kappa shape index (κ3) is 6.07. The monoisotopic (exact) mass is 507 g/mol. The molecular formula is C34H37NO3. The molecule has 1 aliphatic rings. The highest BCUT2D eigenvalue weighted by Gasteiger charge is 2.29. The number of non-ortho nitro benzene ring substituents is 1. The Balaban J connectivity index is 1.69. The second-order valence-electron chi connectivity index (χ2n) is 10.5. The molecule has 0 bridgehead atoms. The molecule has 0 spiro atoms. The van der Waals surface area contributed by atoms with E-state index in [0.29, 0.717) is 0 Å². The van der Waals surface area contributed by atoms with Crippen LogP contribution in [0, 0.1) is 10.1 Å². The molecule has 1 heterocycles. The summed E-state index contributed by atoms with van der Waals surface area (Å²) in [5.41, 5.74) is 6.02. The maximum atomic E-state index is 11.4.